The average molecular weight is 442 g/mol. The van der Waals surface area contributed by atoms with Crippen molar-refractivity contribution in [2.24, 2.45) is 5.92 Å². The SMILES string of the molecule is O=[N+]([O-])c1ccc(S(=O)(=O)[C@@H]2c3ccccc3C3(CCNCC3)CN2CC2CC2)cc1. The maximum absolute atomic E-state index is 13.9. The number of rotatable bonds is 5. The van der Waals surface area contributed by atoms with Crippen molar-refractivity contribution in [1.82, 2.24) is 10.2 Å². The van der Waals surface area contributed by atoms with Gasteiger partial charge in [-0.2, -0.15) is 0 Å². The van der Waals surface area contributed by atoms with Crippen molar-refractivity contribution in [3.8, 4) is 0 Å². The molecule has 7 nitrogen and oxygen atoms in total. The van der Waals surface area contributed by atoms with Crippen molar-refractivity contribution in [3.05, 3.63) is 69.8 Å². The van der Waals surface area contributed by atoms with Gasteiger partial charge in [0, 0.05) is 30.6 Å². The lowest BCUT2D eigenvalue weighted by atomic mass is 9.69. The average Bonchev–Trinajstić information content (AvgIpc) is 3.58. The topological polar surface area (TPSA) is 92.5 Å². The van der Waals surface area contributed by atoms with E-state index in [-0.39, 0.29) is 16.0 Å². The Morgan fingerprint density at radius 2 is 1.74 bits per heavy atom. The van der Waals surface area contributed by atoms with E-state index in [9.17, 15) is 18.5 Å². The maximum Gasteiger partial charge on any atom is 0.269 e. The summed E-state index contributed by atoms with van der Waals surface area (Å²) in [5.41, 5.74) is 1.89. The smallest absolute Gasteiger partial charge is 0.269 e. The molecule has 1 saturated carbocycles. The van der Waals surface area contributed by atoms with E-state index in [4.69, 9.17) is 0 Å². The molecule has 0 radical (unpaired) electrons. The number of sulfone groups is 1. The van der Waals surface area contributed by atoms with Crippen molar-refractivity contribution in [3.63, 3.8) is 0 Å². The minimum absolute atomic E-state index is 0.0295. The Balaban J connectivity index is 1.62. The number of fused-ring (bicyclic) bond motifs is 2. The van der Waals surface area contributed by atoms with Gasteiger partial charge in [0.1, 0.15) is 5.37 Å². The fourth-order valence-electron chi connectivity index (χ4n) is 5.32. The highest BCUT2D eigenvalue weighted by Crippen LogP contribution is 2.49. The van der Waals surface area contributed by atoms with Crippen LogP contribution in [0.1, 0.15) is 42.2 Å². The lowest BCUT2D eigenvalue weighted by molar-refractivity contribution is -0.384. The van der Waals surface area contributed by atoms with E-state index >= 15 is 0 Å². The van der Waals surface area contributed by atoms with Crippen LogP contribution < -0.4 is 5.32 Å². The van der Waals surface area contributed by atoms with Gasteiger partial charge < -0.3 is 5.32 Å². The van der Waals surface area contributed by atoms with Gasteiger partial charge in [0.25, 0.3) is 5.69 Å². The maximum atomic E-state index is 13.9. The summed E-state index contributed by atoms with van der Waals surface area (Å²) in [7, 11) is -3.75. The Bertz CT molecular complexity index is 1090. The summed E-state index contributed by atoms with van der Waals surface area (Å²) in [5, 5.41) is 13.7. The van der Waals surface area contributed by atoms with Crippen LogP contribution in [-0.2, 0) is 15.3 Å². The first-order valence-corrected chi connectivity index (χ1v) is 12.5. The summed E-state index contributed by atoms with van der Waals surface area (Å²) in [6.07, 6.45) is 4.29. The van der Waals surface area contributed by atoms with Gasteiger partial charge in [-0.25, -0.2) is 8.42 Å². The molecular formula is C23H27N3O4S. The number of hydrogen-bond donors (Lipinski definition) is 1. The fraction of sp³-hybridized carbons (Fsp3) is 0.478. The zero-order chi connectivity index (χ0) is 21.6. The fourth-order valence-corrected chi connectivity index (χ4v) is 7.19. The quantitative estimate of drug-likeness (QED) is 0.565. The first-order chi connectivity index (χ1) is 14.9. The van der Waals surface area contributed by atoms with E-state index in [2.05, 4.69) is 16.3 Å². The van der Waals surface area contributed by atoms with Crippen LogP contribution in [0.15, 0.2) is 53.4 Å². The molecule has 2 aromatic rings. The van der Waals surface area contributed by atoms with Gasteiger partial charge in [-0.3, -0.25) is 15.0 Å². The van der Waals surface area contributed by atoms with E-state index < -0.39 is 20.1 Å². The highest BCUT2D eigenvalue weighted by molar-refractivity contribution is 7.91. The zero-order valence-electron chi connectivity index (χ0n) is 17.4. The number of benzene rings is 2. The van der Waals surface area contributed by atoms with Crippen molar-refractivity contribution >= 4 is 15.5 Å². The van der Waals surface area contributed by atoms with Crippen molar-refractivity contribution in [2.75, 3.05) is 26.2 Å². The Kier molecular flexibility index (Phi) is 5.11. The van der Waals surface area contributed by atoms with E-state index in [0.717, 1.165) is 63.0 Å². The predicted molar refractivity (Wildman–Crippen MR) is 118 cm³/mol. The molecule has 2 heterocycles. The summed E-state index contributed by atoms with van der Waals surface area (Å²) in [4.78, 5) is 12.8. The van der Waals surface area contributed by atoms with Crippen molar-refractivity contribution in [2.45, 2.75) is 41.4 Å². The lowest BCUT2D eigenvalue weighted by Gasteiger charge is -2.49. The highest BCUT2D eigenvalue weighted by atomic mass is 32.2. The van der Waals surface area contributed by atoms with Gasteiger partial charge in [-0.05, 0) is 68.0 Å². The molecule has 0 amide bonds. The minimum atomic E-state index is -3.75. The summed E-state index contributed by atoms with van der Waals surface area (Å²) < 4.78 is 27.8. The van der Waals surface area contributed by atoms with Gasteiger partial charge in [0.15, 0.2) is 9.84 Å². The number of piperidine rings is 1. The molecule has 3 aliphatic rings. The third-order valence-electron chi connectivity index (χ3n) is 7.06. The molecule has 1 spiro atoms. The molecule has 2 aromatic carbocycles. The summed E-state index contributed by atoms with van der Waals surface area (Å²) in [6.45, 7) is 3.39. The molecule has 1 atom stereocenters. The largest absolute Gasteiger partial charge is 0.317 e. The number of hydrogen-bond acceptors (Lipinski definition) is 6. The molecule has 8 heteroatoms. The number of nitro benzene ring substituents is 1. The van der Waals surface area contributed by atoms with Gasteiger partial charge in [-0.15, -0.1) is 0 Å². The molecule has 31 heavy (non-hydrogen) atoms. The molecule has 1 aliphatic carbocycles. The first kappa shape index (κ1) is 20.6. The van der Waals surface area contributed by atoms with Gasteiger partial charge in [0.05, 0.1) is 9.82 Å². The molecular weight excluding hydrogens is 414 g/mol. The normalized spacial score (nSPS) is 23.4. The summed E-state index contributed by atoms with van der Waals surface area (Å²) in [5.74, 6) is 0.554. The molecule has 2 fully saturated rings. The van der Waals surface area contributed by atoms with Crippen LogP contribution in [-0.4, -0.2) is 44.4 Å². The number of nitro groups is 1. The van der Waals surface area contributed by atoms with Crippen LogP contribution >= 0.6 is 0 Å². The second-order valence-electron chi connectivity index (χ2n) is 9.14. The Hall–Kier alpha value is -2.29. The zero-order valence-corrected chi connectivity index (χ0v) is 18.2. The third kappa shape index (κ3) is 3.66. The van der Waals surface area contributed by atoms with E-state index in [1.54, 1.807) is 0 Å². The Labute approximate surface area is 182 Å². The monoisotopic (exact) mass is 441 g/mol. The molecule has 0 aromatic heterocycles. The predicted octanol–water partition coefficient (Wildman–Crippen LogP) is 3.41. The van der Waals surface area contributed by atoms with Crippen LogP contribution in [0.5, 0.6) is 0 Å². The summed E-state index contributed by atoms with van der Waals surface area (Å²) in [6, 6.07) is 13.3. The Morgan fingerprint density at radius 1 is 1.06 bits per heavy atom. The minimum Gasteiger partial charge on any atom is -0.317 e. The molecule has 1 saturated heterocycles. The van der Waals surface area contributed by atoms with Crippen LogP contribution in [0, 0.1) is 16.0 Å². The van der Waals surface area contributed by atoms with E-state index in [1.807, 2.05) is 18.2 Å². The molecule has 164 valence electrons. The van der Waals surface area contributed by atoms with Gasteiger partial charge in [-0.1, -0.05) is 24.3 Å². The first-order valence-electron chi connectivity index (χ1n) is 10.9. The second kappa shape index (κ2) is 7.69. The molecule has 0 bridgehead atoms. The summed E-state index contributed by atoms with van der Waals surface area (Å²) >= 11 is 0. The van der Waals surface area contributed by atoms with Gasteiger partial charge >= 0.3 is 0 Å². The second-order valence-corrected chi connectivity index (χ2v) is 11.1. The van der Waals surface area contributed by atoms with Crippen molar-refractivity contribution < 1.29 is 13.3 Å². The van der Waals surface area contributed by atoms with Crippen LogP contribution in [0.2, 0.25) is 0 Å². The van der Waals surface area contributed by atoms with Crippen molar-refractivity contribution in [1.29, 1.82) is 0 Å². The van der Waals surface area contributed by atoms with Gasteiger partial charge in [0.2, 0.25) is 0 Å². The number of non-ortho nitro benzene ring substituents is 1. The molecule has 2 aliphatic heterocycles. The molecule has 0 unspecified atom stereocenters. The number of nitrogens with one attached hydrogen (secondary N) is 1. The number of nitrogens with zero attached hydrogens (tertiary/aromatic N) is 2. The Morgan fingerprint density at radius 3 is 2.39 bits per heavy atom. The van der Waals surface area contributed by atoms with Crippen LogP contribution in [0.4, 0.5) is 5.69 Å². The van der Waals surface area contributed by atoms with E-state index in [1.165, 1.54) is 24.3 Å². The third-order valence-corrected chi connectivity index (χ3v) is 9.13. The highest BCUT2D eigenvalue weighted by Gasteiger charge is 2.49. The molecule has 5 rings (SSSR count). The van der Waals surface area contributed by atoms with E-state index in [0.29, 0.717) is 5.92 Å². The van der Waals surface area contributed by atoms with Crippen LogP contribution in [0.3, 0.4) is 0 Å². The van der Waals surface area contributed by atoms with Crippen LogP contribution in [0.25, 0.3) is 0 Å². The lowest BCUT2D eigenvalue weighted by Crippen LogP contribution is -2.54. The molecule has 1 N–H and O–H groups in total. The standard InChI is InChI=1S/C23H27N3O4S/c27-26(28)18-7-9-19(10-8-18)31(29,30)22-20-3-1-2-4-21(20)23(11-13-24-14-12-23)16-25(22)15-17-5-6-17/h1-4,7-10,17,22,24H,5-6,11-16H2/t22-/m1/s1.